The number of nitro groups is 1. The Hall–Kier alpha value is -3.20. The average molecular weight is 384 g/mol. The lowest BCUT2D eigenvalue weighted by Gasteiger charge is -2.17. The Bertz CT molecular complexity index is 1100. The summed E-state index contributed by atoms with van der Waals surface area (Å²) in [7, 11) is 1.55. The monoisotopic (exact) mass is 384 g/mol. The minimum Gasteiger partial charge on any atom is -0.334 e. The fourth-order valence-corrected chi connectivity index (χ4v) is 3.24. The normalized spacial score (nSPS) is 10.7. The van der Waals surface area contributed by atoms with Gasteiger partial charge in [-0.25, -0.2) is 4.98 Å². The molecule has 0 spiro atoms. The molecule has 0 saturated heterocycles. The topological polar surface area (TPSA) is 109 Å². The Kier molecular flexibility index (Phi) is 5.22. The fourth-order valence-electron chi connectivity index (χ4n) is 2.69. The van der Waals surface area contributed by atoms with Crippen LogP contribution in [0.2, 0.25) is 0 Å². The molecule has 1 N–H and O–H groups in total. The van der Waals surface area contributed by atoms with Crippen LogP contribution in [0.4, 0.5) is 5.69 Å². The van der Waals surface area contributed by atoms with Gasteiger partial charge in [0.05, 0.1) is 27.3 Å². The number of H-pyrrole nitrogens is 1. The van der Waals surface area contributed by atoms with Gasteiger partial charge in [-0.05, 0) is 30.5 Å². The average Bonchev–Trinajstić information content (AvgIpc) is 2.66. The molecule has 1 aromatic heterocycles. The summed E-state index contributed by atoms with van der Waals surface area (Å²) >= 11 is 1.24. The first-order valence-corrected chi connectivity index (χ1v) is 9.19. The lowest BCUT2D eigenvalue weighted by Crippen LogP contribution is -2.28. The molecule has 8 nitrogen and oxygen atoms in total. The summed E-state index contributed by atoms with van der Waals surface area (Å²) in [6.45, 7) is 0.0665. The molecular weight excluding hydrogens is 368 g/mol. The van der Waals surface area contributed by atoms with Crippen LogP contribution in [0, 0.1) is 10.1 Å². The van der Waals surface area contributed by atoms with Crippen molar-refractivity contribution in [3.8, 4) is 0 Å². The van der Waals surface area contributed by atoms with Crippen molar-refractivity contribution in [3.63, 3.8) is 0 Å². The van der Waals surface area contributed by atoms with Gasteiger partial charge in [-0.2, -0.15) is 0 Å². The maximum atomic E-state index is 12.6. The van der Waals surface area contributed by atoms with E-state index in [1.807, 2.05) is 0 Å². The minimum absolute atomic E-state index is 0.0665. The van der Waals surface area contributed by atoms with Crippen molar-refractivity contribution >= 4 is 34.3 Å². The molecule has 0 saturated carbocycles. The summed E-state index contributed by atoms with van der Waals surface area (Å²) in [6, 6.07) is 11.3. The van der Waals surface area contributed by atoms with Crippen LogP contribution in [0.25, 0.3) is 10.9 Å². The zero-order valence-corrected chi connectivity index (χ0v) is 15.4. The van der Waals surface area contributed by atoms with E-state index in [2.05, 4.69) is 9.97 Å². The molecular formula is C18H16N4O4S. The first-order valence-electron chi connectivity index (χ1n) is 7.96. The molecule has 0 unspecified atom stereocenters. The SMILES string of the molecule is CSc1ccc(C(=O)N(C)Cc2nc3ccccc3c(=O)[nH]2)cc1[N+](=O)[O-]. The highest BCUT2D eigenvalue weighted by Crippen LogP contribution is 2.28. The summed E-state index contributed by atoms with van der Waals surface area (Å²) in [5.74, 6) is -0.0636. The van der Waals surface area contributed by atoms with E-state index in [1.165, 1.54) is 22.7 Å². The van der Waals surface area contributed by atoms with Crippen molar-refractivity contribution in [1.82, 2.24) is 14.9 Å². The Morgan fingerprint density at radius 2 is 2.04 bits per heavy atom. The molecule has 1 heterocycles. The first-order chi connectivity index (χ1) is 12.9. The predicted molar refractivity (Wildman–Crippen MR) is 103 cm³/mol. The molecule has 2 aromatic carbocycles. The van der Waals surface area contributed by atoms with Gasteiger partial charge in [0.15, 0.2) is 0 Å². The van der Waals surface area contributed by atoms with Crippen LogP contribution in [0.1, 0.15) is 16.2 Å². The Labute approximate surface area is 158 Å². The molecule has 0 fully saturated rings. The lowest BCUT2D eigenvalue weighted by molar-refractivity contribution is -0.387. The molecule has 0 aliphatic rings. The Balaban J connectivity index is 1.87. The van der Waals surface area contributed by atoms with Gasteiger partial charge < -0.3 is 9.88 Å². The number of hydrogen-bond acceptors (Lipinski definition) is 6. The number of amides is 1. The standard InChI is InChI=1S/C18H16N4O4S/c1-21(10-16-19-13-6-4-3-5-12(13)17(23)20-16)18(24)11-7-8-15(27-2)14(9-11)22(25)26/h3-9H,10H2,1-2H3,(H,19,20,23). The highest BCUT2D eigenvalue weighted by atomic mass is 32.2. The predicted octanol–water partition coefficient (Wildman–Crippen LogP) is 2.83. The van der Waals surface area contributed by atoms with Crippen LogP contribution >= 0.6 is 11.8 Å². The molecule has 138 valence electrons. The van der Waals surface area contributed by atoms with Crippen LogP contribution < -0.4 is 5.56 Å². The summed E-state index contributed by atoms with van der Waals surface area (Å²) in [5.41, 5.74) is 0.345. The molecule has 0 aliphatic carbocycles. The van der Waals surface area contributed by atoms with E-state index in [0.29, 0.717) is 21.6 Å². The number of carbonyl (C=O) groups is 1. The van der Waals surface area contributed by atoms with Crippen molar-refractivity contribution in [1.29, 1.82) is 0 Å². The number of hydrogen-bond donors (Lipinski definition) is 1. The summed E-state index contributed by atoms with van der Waals surface area (Å²) in [6.07, 6.45) is 1.73. The smallest absolute Gasteiger partial charge is 0.283 e. The van der Waals surface area contributed by atoms with Gasteiger partial charge in [-0.3, -0.25) is 19.7 Å². The molecule has 3 rings (SSSR count). The molecule has 0 bridgehead atoms. The largest absolute Gasteiger partial charge is 0.334 e. The highest BCUT2D eigenvalue weighted by molar-refractivity contribution is 7.98. The van der Waals surface area contributed by atoms with Gasteiger partial charge >= 0.3 is 0 Å². The quantitative estimate of drug-likeness (QED) is 0.411. The highest BCUT2D eigenvalue weighted by Gasteiger charge is 2.20. The number of aromatic nitrogens is 2. The van der Waals surface area contributed by atoms with E-state index in [9.17, 15) is 19.7 Å². The van der Waals surface area contributed by atoms with Crippen molar-refractivity contribution in [3.05, 3.63) is 74.3 Å². The van der Waals surface area contributed by atoms with E-state index in [1.54, 1.807) is 49.7 Å². The Morgan fingerprint density at radius 1 is 1.30 bits per heavy atom. The molecule has 0 radical (unpaired) electrons. The van der Waals surface area contributed by atoms with Crippen molar-refractivity contribution < 1.29 is 9.72 Å². The maximum Gasteiger partial charge on any atom is 0.283 e. The van der Waals surface area contributed by atoms with Gasteiger partial charge in [0.2, 0.25) is 0 Å². The molecule has 0 atom stereocenters. The first kappa shape index (κ1) is 18.6. The second-order valence-electron chi connectivity index (χ2n) is 5.83. The summed E-state index contributed by atoms with van der Waals surface area (Å²) < 4.78 is 0. The second-order valence-corrected chi connectivity index (χ2v) is 6.68. The summed E-state index contributed by atoms with van der Waals surface area (Å²) in [5, 5.41) is 11.7. The number of carbonyl (C=O) groups excluding carboxylic acids is 1. The fraction of sp³-hybridized carbons (Fsp3) is 0.167. The van der Waals surface area contributed by atoms with Crippen LogP contribution in [0.5, 0.6) is 0 Å². The van der Waals surface area contributed by atoms with E-state index >= 15 is 0 Å². The number of fused-ring (bicyclic) bond motifs is 1. The third-order valence-corrected chi connectivity index (χ3v) is 4.80. The summed E-state index contributed by atoms with van der Waals surface area (Å²) in [4.78, 5) is 44.3. The van der Waals surface area contributed by atoms with Gasteiger partial charge in [0, 0.05) is 18.7 Å². The van der Waals surface area contributed by atoms with E-state index < -0.39 is 10.8 Å². The van der Waals surface area contributed by atoms with Crippen molar-refractivity contribution in [2.75, 3.05) is 13.3 Å². The van der Waals surface area contributed by atoms with Gasteiger partial charge in [-0.15, -0.1) is 11.8 Å². The van der Waals surface area contributed by atoms with Gasteiger partial charge in [0.1, 0.15) is 5.82 Å². The molecule has 1 amide bonds. The van der Waals surface area contributed by atoms with E-state index in [4.69, 9.17) is 0 Å². The number of rotatable bonds is 5. The third-order valence-electron chi connectivity index (χ3n) is 4.02. The number of thioether (sulfide) groups is 1. The number of benzene rings is 2. The van der Waals surface area contributed by atoms with Crippen LogP contribution in [-0.2, 0) is 6.54 Å². The molecule has 0 aliphatic heterocycles. The number of nitro benzene ring substituents is 1. The Morgan fingerprint density at radius 3 is 2.74 bits per heavy atom. The van der Waals surface area contributed by atoms with Crippen LogP contribution in [-0.4, -0.2) is 39.0 Å². The van der Waals surface area contributed by atoms with Gasteiger partial charge in [0.25, 0.3) is 17.2 Å². The van der Waals surface area contributed by atoms with Crippen LogP contribution in [0.3, 0.4) is 0 Å². The second kappa shape index (κ2) is 7.58. The zero-order valence-electron chi connectivity index (χ0n) is 14.6. The van der Waals surface area contributed by atoms with Crippen LogP contribution in [0.15, 0.2) is 52.2 Å². The maximum absolute atomic E-state index is 12.6. The lowest BCUT2D eigenvalue weighted by atomic mass is 10.1. The zero-order chi connectivity index (χ0) is 19.6. The molecule has 9 heteroatoms. The third kappa shape index (κ3) is 3.82. The number of para-hydroxylation sites is 1. The molecule has 3 aromatic rings. The van der Waals surface area contributed by atoms with Crippen molar-refractivity contribution in [2.24, 2.45) is 0 Å². The van der Waals surface area contributed by atoms with Crippen molar-refractivity contribution in [2.45, 2.75) is 11.4 Å². The van der Waals surface area contributed by atoms with E-state index in [0.717, 1.165) is 0 Å². The number of nitrogens with one attached hydrogen (secondary N) is 1. The number of aromatic amines is 1. The minimum atomic E-state index is -0.509. The molecule has 27 heavy (non-hydrogen) atoms. The number of nitrogens with zero attached hydrogens (tertiary/aromatic N) is 3. The van der Waals surface area contributed by atoms with E-state index in [-0.39, 0.29) is 23.4 Å². The van der Waals surface area contributed by atoms with Gasteiger partial charge in [-0.1, -0.05) is 12.1 Å².